The molecule has 86 valence electrons. The Kier molecular flexibility index (Phi) is 1.79. The van der Waals surface area contributed by atoms with Gasteiger partial charge >= 0.3 is 0 Å². The van der Waals surface area contributed by atoms with E-state index in [0.29, 0.717) is 15.9 Å². The van der Waals surface area contributed by atoms with Crippen LogP contribution in [0.5, 0.6) is 0 Å². The molecule has 0 amide bonds. The third kappa shape index (κ3) is 1.15. The summed E-state index contributed by atoms with van der Waals surface area (Å²) in [5.41, 5.74) is 2.97. The van der Waals surface area contributed by atoms with Crippen molar-refractivity contribution < 1.29 is 0 Å². The first-order valence-corrected chi connectivity index (χ1v) is 6.22. The molecule has 4 aromatic rings. The number of fused-ring (bicyclic) bond motifs is 4. The summed E-state index contributed by atoms with van der Waals surface area (Å²) in [6.07, 6.45) is 1.57. The molecule has 0 radical (unpaired) electrons. The maximum absolute atomic E-state index is 12.2. The summed E-state index contributed by atoms with van der Waals surface area (Å²) in [5, 5.41) is 5.37. The minimum absolute atomic E-state index is 0.172. The van der Waals surface area contributed by atoms with Crippen LogP contribution >= 0.6 is 11.3 Å². The van der Waals surface area contributed by atoms with Gasteiger partial charge in [0.1, 0.15) is 5.51 Å². The van der Waals surface area contributed by atoms with Crippen molar-refractivity contribution in [3.8, 4) is 0 Å². The number of hydrogen-bond acceptors (Lipinski definition) is 5. The summed E-state index contributed by atoms with van der Waals surface area (Å²) in [6.45, 7) is 0. The van der Waals surface area contributed by atoms with Crippen molar-refractivity contribution in [2.45, 2.75) is 0 Å². The van der Waals surface area contributed by atoms with E-state index in [9.17, 15) is 4.79 Å². The second kappa shape index (κ2) is 3.33. The Balaban J connectivity index is 2.38. The fraction of sp³-hybridized carbons (Fsp3) is 0. The van der Waals surface area contributed by atoms with Crippen molar-refractivity contribution in [2.75, 3.05) is 0 Å². The van der Waals surface area contributed by atoms with Crippen molar-refractivity contribution in [3.05, 3.63) is 46.3 Å². The smallest absolute Gasteiger partial charge is 0.266 e. The highest BCUT2D eigenvalue weighted by Crippen LogP contribution is 2.20. The van der Waals surface area contributed by atoms with Crippen LogP contribution in [-0.2, 0) is 0 Å². The molecule has 0 aliphatic rings. The summed E-state index contributed by atoms with van der Waals surface area (Å²) in [4.78, 5) is 21.6. The van der Waals surface area contributed by atoms with Crippen LogP contribution in [0.25, 0.3) is 26.8 Å². The summed E-state index contributed by atoms with van der Waals surface area (Å²) in [6, 6.07) is 7.67. The Hall–Kier alpha value is -2.34. The van der Waals surface area contributed by atoms with Crippen molar-refractivity contribution in [2.24, 2.45) is 0 Å². The molecule has 3 heterocycles. The third-order valence-corrected chi connectivity index (χ3v) is 3.55. The van der Waals surface area contributed by atoms with E-state index in [4.69, 9.17) is 0 Å². The van der Waals surface area contributed by atoms with E-state index in [1.807, 2.05) is 24.3 Å². The molecule has 1 aromatic carbocycles. The standard InChI is InChI=1S/C12H6N4OS/c17-11-8-5-13-9-4-2-1-3-7(9)10(8)15-12-16(11)14-6-18-12/h1-6H. The molecule has 0 saturated heterocycles. The van der Waals surface area contributed by atoms with E-state index in [-0.39, 0.29) is 5.56 Å². The van der Waals surface area contributed by atoms with Gasteiger partial charge in [0.05, 0.1) is 16.4 Å². The predicted octanol–water partition coefficient (Wildman–Crippen LogP) is 1.85. The van der Waals surface area contributed by atoms with E-state index in [2.05, 4.69) is 15.1 Å². The molecule has 0 bridgehead atoms. The molecule has 0 N–H and O–H groups in total. The molecule has 18 heavy (non-hydrogen) atoms. The number of rotatable bonds is 0. The molecule has 0 fully saturated rings. The van der Waals surface area contributed by atoms with E-state index in [0.717, 1.165) is 10.9 Å². The van der Waals surface area contributed by atoms with Gasteiger partial charge in [-0.05, 0) is 6.07 Å². The molecule has 0 atom stereocenters. The molecule has 0 aliphatic heterocycles. The van der Waals surface area contributed by atoms with Gasteiger partial charge < -0.3 is 0 Å². The van der Waals surface area contributed by atoms with Gasteiger partial charge in [0.25, 0.3) is 5.56 Å². The van der Waals surface area contributed by atoms with Crippen molar-refractivity contribution in [3.63, 3.8) is 0 Å². The average Bonchev–Trinajstić information content (AvgIpc) is 2.87. The predicted molar refractivity (Wildman–Crippen MR) is 69.9 cm³/mol. The van der Waals surface area contributed by atoms with Crippen molar-refractivity contribution in [1.82, 2.24) is 19.6 Å². The van der Waals surface area contributed by atoms with Crippen LogP contribution in [0.4, 0.5) is 0 Å². The fourth-order valence-electron chi connectivity index (χ4n) is 2.04. The molecular weight excluding hydrogens is 248 g/mol. The average molecular weight is 254 g/mol. The normalized spacial score (nSPS) is 11.6. The summed E-state index contributed by atoms with van der Waals surface area (Å²) < 4.78 is 1.31. The van der Waals surface area contributed by atoms with Crippen LogP contribution in [-0.4, -0.2) is 19.6 Å². The van der Waals surface area contributed by atoms with E-state index < -0.39 is 0 Å². The molecule has 0 saturated carbocycles. The minimum Gasteiger partial charge on any atom is -0.266 e. The van der Waals surface area contributed by atoms with E-state index >= 15 is 0 Å². The van der Waals surface area contributed by atoms with E-state index in [1.165, 1.54) is 15.9 Å². The first-order chi connectivity index (χ1) is 8.84. The van der Waals surface area contributed by atoms with Crippen LogP contribution in [0.15, 0.2) is 40.8 Å². The molecule has 3 aromatic heterocycles. The van der Waals surface area contributed by atoms with Gasteiger partial charge in [0.15, 0.2) is 0 Å². The number of benzene rings is 1. The Morgan fingerprint density at radius 1 is 1.17 bits per heavy atom. The SMILES string of the molecule is O=c1c2cnc3ccccc3c2nc2scnn12. The topological polar surface area (TPSA) is 60.2 Å². The first-order valence-electron chi connectivity index (χ1n) is 5.34. The van der Waals surface area contributed by atoms with Crippen LogP contribution in [0.1, 0.15) is 0 Å². The summed E-state index contributed by atoms with van der Waals surface area (Å²) in [7, 11) is 0. The molecule has 5 nitrogen and oxygen atoms in total. The van der Waals surface area contributed by atoms with Crippen molar-refractivity contribution in [1.29, 1.82) is 0 Å². The number of pyridine rings is 1. The van der Waals surface area contributed by atoms with Crippen LogP contribution in [0.3, 0.4) is 0 Å². The van der Waals surface area contributed by atoms with Crippen LogP contribution in [0.2, 0.25) is 0 Å². The first kappa shape index (κ1) is 9.67. The lowest BCUT2D eigenvalue weighted by Gasteiger charge is -2.01. The Labute approximate surface area is 104 Å². The van der Waals surface area contributed by atoms with Crippen molar-refractivity contribution >= 4 is 38.1 Å². The third-order valence-electron chi connectivity index (χ3n) is 2.88. The Morgan fingerprint density at radius 3 is 3.00 bits per heavy atom. The molecule has 4 rings (SSSR count). The monoisotopic (exact) mass is 254 g/mol. The molecule has 0 spiro atoms. The van der Waals surface area contributed by atoms with Gasteiger partial charge in [-0.3, -0.25) is 9.78 Å². The molecular formula is C12H6N4OS. The van der Waals surface area contributed by atoms with Crippen LogP contribution < -0.4 is 5.56 Å². The quantitative estimate of drug-likeness (QED) is 0.449. The Morgan fingerprint density at radius 2 is 2.06 bits per heavy atom. The number of aromatic nitrogens is 4. The van der Waals surface area contributed by atoms with Gasteiger partial charge in [-0.15, -0.1) is 0 Å². The van der Waals surface area contributed by atoms with E-state index in [1.54, 1.807) is 11.7 Å². The highest BCUT2D eigenvalue weighted by molar-refractivity contribution is 7.14. The maximum Gasteiger partial charge on any atom is 0.284 e. The summed E-state index contributed by atoms with van der Waals surface area (Å²) in [5.74, 6) is 0. The Bertz CT molecular complexity index is 956. The molecule has 6 heteroatoms. The zero-order valence-electron chi connectivity index (χ0n) is 9.07. The second-order valence-corrected chi connectivity index (χ2v) is 4.70. The van der Waals surface area contributed by atoms with Gasteiger partial charge in [-0.2, -0.15) is 9.61 Å². The lowest BCUT2D eigenvalue weighted by Crippen LogP contribution is -2.15. The summed E-state index contributed by atoms with van der Waals surface area (Å²) >= 11 is 1.35. The highest BCUT2D eigenvalue weighted by atomic mass is 32.1. The van der Waals surface area contributed by atoms with Gasteiger partial charge in [-0.25, -0.2) is 4.98 Å². The second-order valence-electron chi connectivity index (χ2n) is 3.89. The van der Waals surface area contributed by atoms with Gasteiger partial charge in [0.2, 0.25) is 4.96 Å². The van der Waals surface area contributed by atoms with Gasteiger partial charge in [0, 0.05) is 11.6 Å². The number of nitrogens with zero attached hydrogens (tertiary/aromatic N) is 4. The zero-order chi connectivity index (χ0) is 12.1. The lowest BCUT2D eigenvalue weighted by atomic mass is 10.1. The van der Waals surface area contributed by atoms with Crippen LogP contribution in [0, 0.1) is 0 Å². The lowest BCUT2D eigenvalue weighted by molar-refractivity contribution is 0.915. The minimum atomic E-state index is -0.172. The fourth-order valence-corrected chi connectivity index (χ4v) is 2.65. The highest BCUT2D eigenvalue weighted by Gasteiger charge is 2.10. The zero-order valence-corrected chi connectivity index (χ0v) is 9.89. The maximum atomic E-state index is 12.2. The largest absolute Gasteiger partial charge is 0.284 e. The number of hydrogen-bond donors (Lipinski definition) is 0. The van der Waals surface area contributed by atoms with Gasteiger partial charge in [-0.1, -0.05) is 29.5 Å². The number of para-hydroxylation sites is 1. The molecule has 0 unspecified atom stereocenters. The molecule has 0 aliphatic carbocycles.